The Morgan fingerprint density at radius 3 is 2.31 bits per heavy atom. The van der Waals surface area contributed by atoms with Crippen LogP contribution in [0.4, 0.5) is 10.1 Å². The molecule has 0 saturated heterocycles. The van der Waals surface area contributed by atoms with Gasteiger partial charge < -0.3 is 19.7 Å². The molecule has 9 nitrogen and oxygen atoms in total. The lowest BCUT2D eigenvalue weighted by Crippen LogP contribution is -2.52. The Labute approximate surface area is 245 Å². The van der Waals surface area contributed by atoms with Crippen LogP contribution in [0.25, 0.3) is 0 Å². The van der Waals surface area contributed by atoms with Crippen LogP contribution < -0.4 is 19.1 Å². The molecular weight excluding hydrogens is 561 g/mol. The van der Waals surface area contributed by atoms with Crippen molar-refractivity contribution in [1.29, 1.82) is 0 Å². The van der Waals surface area contributed by atoms with Crippen molar-refractivity contribution in [3.63, 3.8) is 0 Å². The second kappa shape index (κ2) is 12.8. The van der Waals surface area contributed by atoms with E-state index in [-0.39, 0.29) is 29.1 Å². The van der Waals surface area contributed by atoms with E-state index in [2.05, 4.69) is 5.32 Å². The van der Waals surface area contributed by atoms with Gasteiger partial charge in [0, 0.05) is 18.7 Å². The van der Waals surface area contributed by atoms with Crippen LogP contribution in [0.3, 0.4) is 0 Å². The zero-order valence-corrected chi connectivity index (χ0v) is 24.2. The molecule has 0 aromatic heterocycles. The van der Waals surface area contributed by atoms with Crippen molar-refractivity contribution >= 4 is 27.5 Å². The normalized spacial score (nSPS) is 15.6. The van der Waals surface area contributed by atoms with Crippen LogP contribution in [0.15, 0.2) is 77.7 Å². The zero-order valence-electron chi connectivity index (χ0n) is 23.4. The maximum atomic E-state index is 14.1. The molecule has 1 N–H and O–H groups in total. The van der Waals surface area contributed by atoms with Crippen LogP contribution in [-0.2, 0) is 26.2 Å². The lowest BCUT2D eigenvalue weighted by molar-refractivity contribution is -0.139. The van der Waals surface area contributed by atoms with E-state index in [1.807, 2.05) is 0 Å². The topological polar surface area (TPSA) is 105 Å². The maximum absolute atomic E-state index is 14.1. The summed E-state index contributed by atoms with van der Waals surface area (Å²) in [6.07, 6.45) is 3.80. The molecule has 0 unspecified atom stereocenters. The summed E-state index contributed by atoms with van der Waals surface area (Å²) in [6, 6.07) is 17.3. The molecular formula is C31H34FN3O6S. The number of amides is 2. The first-order chi connectivity index (χ1) is 20.2. The molecule has 222 valence electrons. The number of nitrogens with zero attached hydrogens (tertiary/aromatic N) is 2. The smallest absolute Gasteiger partial charge is 0.264 e. The van der Waals surface area contributed by atoms with Gasteiger partial charge in [-0.15, -0.1) is 0 Å². The number of hydrogen-bond acceptors (Lipinski definition) is 6. The van der Waals surface area contributed by atoms with Crippen molar-refractivity contribution in [1.82, 2.24) is 10.2 Å². The van der Waals surface area contributed by atoms with E-state index >= 15 is 0 Å². The third kappa shape index (κ3) is 6.67. The van der Waals surface area contributed by atoms with Crippen LogP contribution in [0.2, 0.25) is 0 Å². The standard InChI is InChI=1S/C31H34FN3O6S/c1-22(31(37)33-25-7-5-6-8-25)34(20-23-11-13-24(32)14-12-23)30(36)21-35(42(38,39)27-9-3-2-4-10-27)26-15-16-28-29(19-26)41-18-17-40-28/h2-4,9-16,19,22,25H,5-8,17-18,20-21H2,1H3,(H,33,37)/t22-/m0/s1. The van der Waals surface area contributed by atoms with Crippen LogP contribution in [0, 0.1) is 5.82 Å². The minimum absolute atomic E-state index is 0.00444. The first-order valence-electron chi connectivity index (χ1n) is 14.0. The van der Waals surface area contributed by atoms with Gasteiger partial charge in [0.15, 0.2) is 11.5 Å². The summed E-state index contributed by atoms with van der Waals surface area (Å²) in [5.74, 6) is -0.505. The third-order valence-electron chi connectivity index (χ3n) is 7.56. The SMILES string of the molecule is C[C@@H](C(=O)NC1CCCC1)N(Cc1ccc(F)cc1)C(=O)CN(c1ccc2c(c1)OCCO2)S(=O)(=O)c1ccccc1. The summed E-state index contributed by atoms with van der Waals surface area (Å²) in [4.78, 5) is 28.7. The molecule has 0 radical (unpaired) electrons. The highest BCUT2D eigenvalue weighted by atomic mass is 32.2. The first-order valence-corrected chi connectivity index (χ1v) is 15.5. The van der Waals surface area contributed by atoms with Gasteiger partial charge in [0.25, 0.3) is 10.0 Å². The Kier molecular flexibility index (Phi) is 8.96. The van der Waals surface area contributed by atoms with Gasteiger partial charge >= 0.3 is 0 Å². The summed E-state index contributed by atoms with van der Waals surface area (Å²) in [7, 11) is -4.21. The molecule has 42 heavy (non-hydrogen) atoms. The average molecular weight is 596 g/mol. The fraction of sp³-hybridized carbons (Fsp3) is 0.355. The van der Waals surface area contributed by atoms with Gasteiger partial charge in [-0.2, -0.15) is 0 Å². The fourth-order valence-corrected chi connectivity index (χ4v) is 6.62. The zero-order chi connectivity index (χ0) is 29.7. The van der Waals surface area contributed by atoms with Crippen LogP contribution >= 0.6 is 0 Å². The molecule has 2 amide bonds. The minimum atomic E-state index is -4.21. The second-order valence-electron chi connectivity index (χ2n) is 10.5. The minimum Gasteiger partial charge on any atom is -0.486 e. The Balaban J connectivity index is 1.48. The summed E-state index contributed by atoms with van der Waals surface area (Å²) in [5, 5.41) is 3.03. The molecule has 5 rings (SSSR count). The molecule has 1 saturated carbocycles. The molecule has 0 bridgehead atoms. The van der Waals surface area contributed by atoms with Crippen molar-refractivity contribution in [2.75, 3.05) is 24.1 Å². The van der Waals surface area contributed by atoms with Crippen molar-refractivity contribution in [2.24, 2.45) is 0 Å². The second-order valence-corrected chi connectivity index (χ2v) is 12.3. The van der Waals surface area contributed by atoms with Crippen LogP contribution in [-0.4, -0.2) is 57.0 Å². The fourth-order valence-electron chi connectivity index (χ4n) is 5.20. The Bertz CT molecular complexity index is 1510. The number of carbonyl (C=O) groups excluding carboxylic acids is 2. The molecule has 1 aliphatic carbocycles. The van der Waals surface area contributed by atoms with Gasteiger partial charge in [0.2, 0.25) is 11.8 Å². The molecule has 3 aromatic carbocycles. The average Bonchev–Trinajstić information content (AvgIpc) is 3.52. The lowest BCUT2D eigenvalue weighted by atomic mass is 10.1. The van der Waals surface area contributed by atoms with Crippen LogP contribution in [0.5, 0.6) is 11.5 Å². The Morgan fingerprint density at radius 1 is 0.952 bits per heavy atom. The van der Waals surface area contributed by atoms with Gasteiger partial charge in [0.1, 0.15) is 31.6 Å². The molecule has 1 aliphatic heterocycles. The van der Waals surface area contributed by atoms with Crippen molar-refractivity contribution < 1.29 is 31.9 Å². The van der Waals surface area contributed by atoms with Gasteiger partial charge in [0.05, 0.1) is 10.6 Å². The predicted octanol–water partition coefficient (Wildman–Crippen LogP) is 4.27. The summed E-state index contributed by atoms with van der Waals surface area (Å²) in [6.45, 7) is 1.69. The molecule has 1 heterocycles. The number of hydrogen-bond donors (Lipinski definition) is 1. The summed E-state index contributed by atoms with van der Waals surface area (Å²) in [5.41, 5.74) is 0.809. The van der Waals surface area contributed by atoms with Gasteiger partial charge in [-0.3, -0.25) is 13.9 Å². The van der Waals surface area contributed by atoms with E-state index in [0.29, 0.717) is 30.3 Å². The number of fused-ring (bicyclic) bond motifs is 1. The van der Waals surface area contributed by atoms with Gasteiger partial charge in [-0.1, -0.05) is 43.2 Å². The lowest BCUT2D eigenvalue weighted by Gasteiger charge is -2.32. The van der Waals surface area contributed by atoms with E-state index < -0.39 is 34.3 Å². The van der Waals surface area contributed by atoms with E-state index in [4.69, 9.17) is 9.47 Å². The Morgan fingerprint density at radius 2 is 1.62 bits per heavy atom. The van der Waals surface area contributed by atoms with Crippen molar-refractivity contribution in [3.05, 3.63) is 84.2 Å². The monoisotopic (exact) mass is 595 g/mol. The van der Waals surface area contributed by atoms with E-state index in [1.54, 1.807) is 37.3 Å². The highest BCUT2D eigenvalue weighted by Gasteiger charge is 2.34. The molecule has 1 atom stereocenters. The van der Waals surface area contributed by atoms with E-state index in [9.17, 15) is 22.4 Å². The van der Waals surface area contributed by atoms with Crippen LogP contribution in [0.1, 0.15) is 38.2 Å². The van der Waals surface area contributed by atoms with Gasteiger partial charge in [-0.05, 0) is 61.7 Å². The molecule has 1 fully saturated rings. The third-order valence-corrected chi connectivity index (χ3v) is 9.35. The molecule has 11 heteroatoms. The molecule has 0 spiro atoms. The number of benzene rings is 3. The number of rotatable bonds is 10. The molecule has 3 aromatic rings. The summed E-state index contributed by atoms with van der Waals surface area (Å²) >= 11 is 0. The van der Waals surface area contributed by atoms with E-state index in [0.717, 1.165) is 30.0 Å². The number of nitrogens with one attached hydrogen (secondary N) is 1. The maximum Gasteiger partial charge on any atom is 0.264 e. The highest BCUT2D eigenvalue weighted by Crippen LogP contribution is 2.36. The van der Waals surface area contributed by atoms with Crippen molar-refractivity contribution in [2.45, 2.75) is 56.1 Å². The Hall–Kier alpha value is -4.12. The highest BCUT2D eigenvalue weighted by molar-refractivity contribution is 7.92. The summed E-state index contributed by atoms with van der Waals surface area (Å²) < 4.78 is 53.8. The van der Waals surface area contributed by atoms with Crippen molar-refractivity contribution in [3.8, 4) is 11.5 Å². The largest absolute Gasteiger partial charge is 0.486 e. The number of anilines is 1. The molecule has 2 aliphatic rings. The number of halogens is 1. The quantitative estimate of drug-likeness (QED) is 0.376. The van der Waals surface area contributed by atoms with E-state index in [1.165, 1.54) is 47.4 Å². The number of carbonyl (C=O) groups is 2. The van der Waals surface area contributed by atoms with Gasteiger partial charge in [-0.25, -0.2) is 12.8 Å². The first kappa shape index (κ1) is 29.4. The number of ether oxygens (including phenoxy) is 2. The number of sulfonamides is 1. The predicted molar refractivity (Wildman–Crippen MR) is 155 cm³/mol.